The number of benzene rings is 4. The number of hydrogen-bond acceptors (Lipinski definition) is 9. The summed E-state index contributed by atoms with van der Waals surface area (Å²) in [6.45, 7) is 1.90. The lowest BCUT2D eigenvalue weighted by Gasteiger charge is -2.19. The van der Waals surface area contributed by atoms with E-state index in [1.807, 2.05) is 24.3 Å². The molecule has 0 radical (unpaired) electrons. The molecule has 7 rings (SSSR count). The Morgan fingerprint density at radius 2 is 1.55 bits per heavy atom. The van der Waals surface area contributed by atoms with Gasteiger partial charge < -0.3 is 29.0 Å². The van der Waals surface area contributed by atoms with E-state index >= 15 is 0 Å². The number of methoxy groups -OCH3 is 2. The predicted molar refractivity (Wildman–Crippen MR) is 189 cm³/mol. The number of amides is 1. The van der Waals surface area contributed by atoms with Gasteiger partial charge in [0.25, 0.3) is 11.5 Å². The molecule has 0 aliphatic carbocycles. The molecule has 1 N–H and O–H groups in total. The van der Waals surface area contributed by atoms with Crippen LogP contribution in [0.5, 0.6) is 23.1 Å². The molecule has 2 aromatic heterocycles. The van der Waals surface area contributed by atoms with Crippen LogP contribution in [0.15, 0.2) is 83.9 Å². The highest BCUT2D eigenvalue weighted by atomic mass is 19.1. The van der Waals surface area contributed by atoms with Crippen LogP contribution in [0.25, 0.3) is 27.4 Å². The van der Waals surface area contributed by atoms with Crippen molar-refractivity contribution in [2.75, 3.05) is 46.0 Å². The summed E-state index contributed by atoms with van der Waals surface area (Å²) < 4.78 is 46.5. The van der Waals surface area contributed by atoms with E-state index in [1.54, 1.807) is 61.4 Å². The number of ether oxygens (including phenoxy) is 5. The topological polar surface area (TPSA) is 128 Å². The number of rotatable bonds is 13. The van der Waals surface area contributed by atoms with Crippen molar-refractivity contribution in [3.63, 3.8) is 0 Å². The fourth-order valence-electron chi connectivity index (χ4n) is 6.30. The predicted octanol–water partition coefficient (Wildman–Crippen LogP) is 6.31. The molecule has 1 aliphatic heterocycles. The molecule has 0 bridgehead atoms. The lowest BCUT2D eigenvalue weighted by molar-refractivity contribution is 0.102. The van der Waals surface area contributed by atoms with E-state index in [-0.39, 0.29) is 17.1 Å². The van der Waals surface area contributed by atoms with E-state index in [2.05, 4.69) is 15.3 Å². The number of fused-ring (bicyclic) bond motifs is 3. The average molecular weight is 694 g/mol. The number of carbonyl (C=O) groups excluding carboxylic acids is 1. The molecule has 12 nitrogen and oxygen atoms in total. The number of para-hydroxylation sites is 1. The lowest BCUT2D eigenvalue weighted by Crippen LogP contribution is -2.26. The van der Waals surface area contributed by atoms with Crippen LogP contribution in [0, 0.1) is 5.82 Å². The maximum atomic E-state index is 14.9. The minimum atomic E-state index is -0.564. The van der Waals surface area contributed by atoms with Gasteiger partial charge in [-0.3, -0.25) is 14.3 Å². The Morgan fingerprint density at radius 3 is 2.31 bits per heavy atom. The standard InChI is InChI=1S/C38H36FN5O7/c1-47-17-19-49-33-21-26-29(22-34(33)50-20-18-48-2)40-23-41-37(26)51-32-15-14-28(24-9-3-4-10-25(24)32)42-36(45)35-31-13-7-8-16-43(31)44(38(35)46)30-12-6-5-11-27(30)39/h3-6,9-12,14-15,21-23H,7-8,13,16-20H2,1-2H3,(H,42,45). The summed E-state index contributed by atoms with van der Waals surface area (Å²) in [7, 11) is 3.19. The van der Waals surface area contributed by atoms with Crippen molar-refractivity contribution in [3.8, 4) is 28.8 Å². The van der Waals surface area contributed by atoms with Crippen molar-refractivity contribution in [2.24, 2.45) is 0 Å². The van der Waals surface area contributed by atoms with Gasteiger partial charge in [0.1, 0.15) is 42.4 Å². The summed E-state index contributed by atoms with van der Waals surface area (Å²) in [5.41, 5.74) is 1.20. The van der Waals surface area contributed by atoms with Gasteiger partial charge in [-0.1, -0.05) is 36.4 Å². The molecular weight excluding hydrogens is 657 g/mol. The van der Waals surface area contributed by atoms with Gasteiger partial charge in [0.05, 0.1) is 29.8 Å². The Morgan fingerprint density at radius 1 is 0.824 bits per heavy atom. The molecule has 262 valence electrons. The van der Waals surface area contributed by atoms with Gasteiger partial charge in [-0.15, -0.1) is 0 Å². The molecule has 0 spiro atoms. The van der Waals surface area contributed by atoms with Gasteiger partial charge in [0, 0.05) is 43.3 Å². The summed E-state index contributed by atoms with van der Waals surface area (Å²) in [4.78, 5) is 36.6. The second kappa shape index (κ2) is 15.0. The normalized spacial score (nSPS) is 12.5. The number of anilines is 1. The third-order valence-electron chi connectivity index (χ3n) is 8.68. The zero-order valence-corrected chi connectivity index (χ0v) is 28.2. The Hall–Kier alpha value is -5.79. The van der Waals surface area contributed by atoms with Gasteiger partial charge in [-0.25, -0.2) is 19.0 Å². The van der Waals surface area contributed by atoms with E-state index in [1.165, 1.54) is 17.1 Å². The van der Waals surface area contributed by atoms with Crippen molar-refractivity contribution >= 4 is 33.3 Å². The molecule has 1 amide bonds. The van der Waals surface area contributed by atoms with E-state index in [9.17, 15) is 14.0 Å². The Bertz CT molecular complexity index is 2290. The lowest BCUT2D eigenvalue weighted by atomic mass is 10.0. The van der Waals surface area contributed by atoms with E-state index in [4.69, 9.17) is 23.7 Å². The fourth-order valence-corrected chi connectivity index (χ4v) is 6.30. The second-order valence-corrected chi connectivity index (χ2v) is 11.9. The minimum Gasteiger partial charge on any atom is -0.487 e. The van der Waals surface area contributed by atoms with E-state index < -0.39 is 17.3 Å². The maximum absolute atomic E-state index is 14.9. The quantitative estimate of drug-likeness (QED) is 0.139. The van der Waals surface area contributed by atoms with Crippen LogP contribution >= 0.6 is 0 Å². The zero-order valence-electron chi connectivity index (χ0n) is 28.2. The van der Waals surface area contributed by atoms with Crippen LogP contribution in [-0.4, -0.2) is 65.9 Å². The molecule has 51 heavy (non-hydrogen) atoms. The summed E-state index contributed by atoms with van der Waals surface area (Å²) >= 11 is 0. The van der Waals surface area contributed by atoms with Crippen molar-refractivity contribution < 1.29 is 32.9 Å². The fraction of sp³-hybridized carbons (Fsp3) is 0.263. The summed E-state index contributed by atoms with van der Waals surface area (Å²) in [6.07, 6.45) is 3.57. The van der Waals surface area contributed by atoms with Crippen LogP contribution in [0.3, 0.4) is 0 Å². The van der Waals surface area contributed by atoms with Gasteiger partial charge in [-0.05, 0) is 49.6 Å². The molecule has 0 saturated carbocycles. The van der Waals surface area contributed by atoms with E-state index in [0.29, 0.717) is 89.7 Å². The van der Waals surface area contributed by atoms with Crippen LogP contribution < -0.4 is 25.1 Å². The highest BCUT2D eigenvalue weighted by Gasteiger charge is 2.29. The number of halogens is 1. The Labute approximate surface area is 292 Å². The van der Waals surface area contributed by atoms with Gasteiger partial charge in [-0.2, -0.15) is 0 Å². The van der Waals surface area contributed by atoms with Crippen molar-refractivity contribution in [2.45, 2.75) is 25.8 Å². The molecular formula is C38H36FN5O7. The zero-order chi connectivity index (χ0) is 35.3. The number of carbonyl (C=O) groups is 1. The molecule has 0 saturated heterocycles. The van der Waals surface area contributed by atoms with Crippen molar-refractivity contribution in [3.05, 3.63) is 107 Å². The maximum Gasteiger partial charge on any atom is 0.284 e. The smallest absolute Gasteiger partial charge is 0.284 e. The number of nitrogens with zero attached hydrogens (tertiary/aromatic N) is 4. The van der Waals surface area contributed by atoms with Crippen LogP contribution in [0.1, 0.15) is 28.9 Å². The average Bonchev–Trinajstić information content (AvgIpc) is 3.44. The van der Waals surface area contributed by atoms with E-state index in [0.717, 1.165) is 12.8 Å². The van der Waals surface area contributed by atoms with Crippen LogP contribution in [-0.2, 0) is 22.4 Å². The third kappa shape index (κ3) is 6.73. The largest absolute Gasteiger partial charge is 0.487 e. The monoisotopic (exact) mass is 693 g/mol. The first kappa shape index (κ1) is 33.7. The van der Waals surface area contributed by atoms with Crippen LogP contribution in [0.2, 0.25) is 0 Å². The molecule has 13 heteroatoms. The first-order valence-electron chi connectivity index (χ1n) is 16.6. The molecule has 6 aromatic rings. The molecule has 4 aromatic carbocycles. The number of nitrogens with one attached hydrogen (secondary N) is 1. The highest BCUT2D eigenvalue weighted by molar-refractivity contribution is 6.10. The second-order valence-electron chi connectivity index (χ2n) is 11.9. The van der Waals surface area contributed by atoms with Gasteiger partial charge in [0.2, 0.25) is 5.88 Å². The third-order valence-corrected chi connectivity index (χ3v) is 8.68. The first-order valence-corrected chi connectivity index (χ1v) is 16.6. The SMILES string of the molecule is COCCOc1cc2ncnc(Oc3ccc(NC(=O)c4c5n(n(-c6ccccc6F)c4=O)CCCC5)c4ccccc34)c2cc1OCCOC. The van der Waals surface area contributed by atoms with Crippen molar-refractivity contribution in [1.82, 2.24) is 19.3 Å². The molecule has 0 fully saturated rings. The summed E-state index contributed by atoms with van der Waals surface area (Å²) in [5, 5.41) is 4.93. The molecule has 3 heterocycles. The molecule has 0 atom stereocenters. The Kier molecular flexibility index (Phi) is 9.90. The van der Waals surface area contributed by atoms with Crippen LogP contribution in [0.4, 0.5) is 10.1 Å². The Balaban J connectivity index is 1.22. The minimum absolute atomic E-state index is 0.00362. The summed E-state index contributed by atoms with van der Waals surface area (Å²) in [6, 6.07) is 20.5. The number of aromatic nitrogens is 4. The number of hydrogen-bond donors (Lipinski definition) is 1. The molecule has 0 unspecified atom stereocenters. The van der Waals surface area contributed by atoms with Gasteiger partial charge in [0.15, 0.2) is 11.5 Å². The van der Waals surface area contributed by atoms with Crippen molar-refractivity contribution in [1.29, 1.82) is 0 Å². The molecule has 1 aliphatic rings. The summed E-state index contributed by atoms with van der Waals surface area (Å²) in [5.74, 6) is 0.633. The highest BCUT2D eigenvalue weighted by Crippen LogP contribution is 2.39. The first-order chi connectivity index (χ1) is 25.0. The van der Waals surface area contributed by atoms with Gasteiger partial charge >= 0.3 is 0 Å².